The number of nitrogens with zero attached hydrogens (tertiary/aromatic N) is 4. The quantitative estimate of drug-likeness (QED) is 0.841. The molecule has 0 radical (unpaired) electrons. The number of hydrogen-bond acceptors (Lipinski definition) is 6. The molecule has 1 atom stereocenters. The summed E-state index contributed by atoms with van der Waals surface area (Å²) < 4.78 is 19.0. The zero-order valence-corrected chi connectivity index (χ0v) is 13.0. The van der Waals surface area contributed by atoms with Crippen molar-refractivity contribution in [3.8, 4) is 0 Å². The first-order chi connectivity index (χ1) is 10.6. The van der Waals surface area contributed by atoms with Gasteiger partial charge in [0.15, 0.2) is 5.60 Å². The maximum atomic E-state index is 6.01. The summed E-state index contributed by atoms with van der Waals surface area (Å²) in [4.78, 5) is 0. The van der Waals surface area contributed by atoms with E-state index < -0.39 is 5.60 Å². The molecule has 22 heavy (non-hydrogen) atoms. The first-order valence-corrected chi connectivity index (χ1v) is 7.35. The van der Waals surface area contributed by atoms with Crippen molar-refractivity contribution >= 4 is 12.2 Å². The molecule has 118 valence electrons. The summed E-state index contributed by atoms with van der Waals surface area (Å²) in [5.41, 5.74) is 0.330. The van der Waals surface area contributed by atoms with Gasteiger partial charge >= 0.3 is 0 Å². The molecule has 2 aromatic rings. The normalized spacial score (nSPS) is 22.2. The molecule has 0 spiro atoms. The van der Waals surface area contributed by atoms with E-state index in [9.17, 15) is 0 Å². The van der Waals surface area contributed by atoms with Crippen molar-refractivity contribution in [1.82, 2.24) is 20.0 Å². The largest absolute Gasteiger partial charge is 0.418 e. The summed E-state index contributed by atoms with van der Waals surface area (Å²) in [5.74, 6) is 0.915. The van der Waals surface area contributed by atoms with Gasteiger partial charge < -0.3 is 13.9 Å². The molecule has 0 bridgehead atoms. The monoisotopic (exact) mass is 304 g/mol. The lowest BCUT2D eigenvalue weighted by molar-refractivity contribution is -0.102. The van der Waals surface area contributed by atoms with Crippen molar-refractivity contribution < 1.29 is 13.9 Å². The minimum Gasteiger partial charge on any atom is -0.418 e. The van der Waals surface area contributed by atoms with Gasteiger partial charge in [-0.05, 0) is 26.0 Å². The molecule has 3 rings (SSSR count). The van der Waals surface area contributed by atoms with Crippen LogP contribution in [-0.2, 0) is 22.1 Å². The Labute approximate surface area is 128 Å². The van der Waals surface area contributed by atoms with Gasteiger partial charge in [-0.2, -0.15) is 5.10 Å². The molecule has 7 nitrogen and oxygen atoms in total. The van der Waals surface area contributed by atoms with Gasteiger partial charge in [-0.15, -0.1) is 10.2 Å². The second kappa shape index (κ2) is 6.02. The van der Waals surface area contributed by atoms with Crippen LogP contribution in [0.25, 0.3) is 12.2 Å². The SMILES string of the molecule is CC(C)OC1(c2nnc(C=Cc3ccnn3C)o2)CCOC1. The third-order valence-corrected chi connectivity index (χ3v) is 3.53. The summed E-state index contributed by atoms with van der Waals surface area (Å²) in [7, 11) is 1.88. The van der Waals surface area contributed by atoms with Crippen molar-refractivity contribution in [3.63, 3.8) is 0 Å². The fraction of sp³-hybridized carbons (Fsp3) is 0.533. The van der Waals surface area contributed by atoms with Crippen LogP contribution in [0.3, 0.4) is 0 Å². The molecule has 1 unspecified atom stereocenters. The van der Waals surface area contributed by atoms with E-state index in [-0.39, 0.29) is 6.10 Å². The molecule has 2 aromatic heterocycles. The van der Waals surface area contributed by atoms with Crippen LogP contribution >= 0.6 is 0 Å². The molecule has 0 saturated carbocycles. The molecule has 1 fully saturated rings. The zero-order valence-electron chi connectivity index (χ0n) is 13.0. The van der Waals surface area contributed by atoms with Gasteiger partial charge in [-0.25, -0.2) is 0 Å². The molecule has 7 heteroatoms. The Morgan fingerprint density at radius 3 is 2.86 bits per heavy atom. The van der Waals surface area contributed by atoms with Crippen LogP contribution in [0.1, 0.15) is 37.7 Å². The van der Waals surface area contributed by atoms with Crippen LogP contribution in [0.15, 0.2) is 16.7 Å². The van der Waals surface area contributed by atoms with E-state index in [0.717, 1.165) is 12.1 Å². The van der Waals surface area contributed by atoms with E-state index in [1.807, 2.05) is 33.0 Å². The highest BCUT2D eigenvalue weighted by molar-refractivity contribution is 5.63. The number of ether oxygens (including phenoxy) is 2. The molecule has 0 aromatic carbocycles. The van der Waals surface area contributed by atoms with Crippen molar-refractivity contribution in [3.05, 3.63) is 29.7 Å². The summed E-state index contributed by atoms with van der Waals surface area (Å²) >= 11 is 0. The van der Waals surface area contributed by atoms with E-state index >= 15 is 0 Å². The van der Waals surface area contributed by atoms with E-state index in [0.29, 0.717) is 25.0 Å². The Balaban J connectivity index is 1.80. The molecule has 0 aliphatic carbocycles. The number of aromatic nitrogens is 4. The van der Waals surface area contributed by atoms with Crippen molar-refractivity contribution in [2.24, 2.45) is 7.05 Å². The van der Waals surface area contributed by atoms with E-state index in [1.165, 1.54) is 0 Å². The lowest BCUT2D eigenvalue weighted by Gasteiger charge is -2.26. The minimum atomic E-state index is -0.625. The number of rotatable bonds is 5. The lowest BCUT2D eigenvalue weighted by atomic mass is 10.0. The maximum Gasteiger partial charge on any atom is 0.251 e. The molecule has 1 aliphatic rings. The highest BCUT2D eigenvalue weighted by Gasteiger charge is 2.43. The predicted octanol–water partition coefficient (Wildman–Crippen LogP) is 2.01. The van der Waals surface area contributed by atoms with Crippen molar-refractivity contribution in [2.75, 3.05) is 13.2 Å². The lowest BCUT2D eigenvalue weighted by Crippen LogP contribution is -2.33. The minimum absolute atomic E-state index is 0.0574. The smallest absolute Gasteiger partial charge is 0.251 e. The first kappa shape index (κ1) is 14.9. The Bertz CT molecular complexity index is 653. The van der Waals surface area contributed by atoms with Gasteiger partial charge in [0, 0.05) is 25.7 Å². The van der Waals surface area contributed by atoms with E-state index in [1.54, 1.807) is 17.0 Å². The fourth-order valence-corrected chi connectivity index (χ4v) is 2.50. The molecule has 1 aliphatic heterocycles. The van der Waals surface area contributed by atoms with Crippen LogP contribution in [-0.4, -0.2) is 39.3 Å². The summed E-state index contributed by atoms with van der Waals surface area (Å²) in [6.07, 6.45) is 6.16. The summed E-state index contributed by atoms with van der Waals surface area (Å²) in [6, 6.07) is 1.90. The maximum absolute atomic E-state index is 6.01. The third kappa shape index (κ3) is 2.95. The standard InChI is InChI=1S/C15H20N4O3/c1-11(2)22-15(7-9-20-10-15)14-18-17-13(21-14)5-4-12-6-8-16-19(12)3/h4-6,8,11H,7,9-10H2,1-3H3. The average molecular weight is 304 g/mol. The van der Waals surface area contributed by atoms with Crippen LogP contribution in [0.4, 0.5) is 0 Å². The van der Waals surface area contributed by atoms with Gasteiger partial charge in [0.1, 0.15) is 0 Å². The van der Waals surface area contributed by atoms with Crippen LogP contribution in [0, 0.1) is 0 Å². The average Bonchev–Trinajstić information content (AvgIpc) is 3.17. The van der Waals surface area contributed by atoms with E-state index in [4.69, 9.17) is 13.9 Å². The van der Waals surface area contributed by atoms with Gasteiger partial charge in [0.25, 0.3) is 5.89 Å². The summed E-state index contributed by atoms with van der Waals surface area (Å²) in [5, 5.41) is 12.3. The Hall–Kier alpha value is -1.99. The molecular formula is C15H20N4O3. The highest BCUT2D eigenvalue weighted by Crippen LogP contribution is 2.35. The molecule has 0 amide bonds. The van der Waals surface area contributed by atoms with Crippen molar-refractivity contribution in [1.29, 1.82) is 0 Å². The van der Waals surface area contributed by atoms with Crippen molar-refractivity contribution in [2.45, 2.75) is 32.0 Å². The fourth-order valence-electron chi connectivity index (χ4n) is 2.50. The first-order valence-electron chi connectivity index (χ1n) is 7.35. The number of aryl methyl sites for hydroxylation is 1. The second-order valence-corrected chi connectivity index (χ2v) is 5.62. The molecule has 3 heterocycles. The zero-order chi connectivity index (χ0) is 15.6. The predicted molar refractivity (Wildman–Crippen MR) is 79.8 cm³/mol. The summed E-state index contributed by atoms with van der Waals surface area (Å²) in [6.45, 7) is 5.05. The molecular weight excluding hydrogens is 284 g/mol. The Morgan fingerprint density at radius 1 is 1.36 bits per heavy atom. The van der Waals surface area contributed by atoms with Gasteiger partial charge in [0.2, 0.25) is 5.89 Å². The molecule has 0 N–H and O–H groups in total. The molecule has 1 saturated heterocycles. The van der Waals surface area contributed by atoms with Crippen LogP contribution in [0.5, 0.6) is 0 Å². The second-order valence-electron chi connectivity index (χ2n) is 5.62. The highest BCUT2D eigenvalue weighted by atomic mass is 16.6. The number of hydrogen-bond donors (Lipinski definition) is 0. The topological polar surface area (TPSA) is 75.2 Å². The Kier molecular flexibility index (Phi) is 4.08. The third-order valence-electron chi connectivity index (χ3n) is 3.53. The Morgan fingerprint density at radius 2 is 2.23 bits per heavy atom. The van der Waals surface area contributed by atoms with Crippen LogP contribution < -0.4 is 0 Å². The van der Waals surface area contributed by atoms with Gasteiger partial charge in [-0.3, -0.25) is 4.68 Å². The van der Waals surface area contributed by atoms with Gasteiger partial charge in [0.05, 0.1) is 25.0 Å². The van der Waals surface area contributed by atoms with Crippen LogP contribution in [0.2, 0.25) is 0 Å². The van der Waals surface area contributed by atoms with Gasteiger partial charge in [-0.1, -0.05) is 0 Å². The van der Waals surface area contributed by atoms with E-state index in [2.05, 4.69) is 15.3 Å².